The molecular formula is C24H31N2O5+. The van der Waals surface area contributed by atoms with E-state index in [9.17, 15) is 14.7 Å². The van der Waals surface area contributed by atoms with E-state index < -0.39 is 6.10 Å². The zero-order chi connectivity index (χ0) is 22.1. The number of nitrogens with one attached hydrogen (secondary N) is 1. The van der Waals surface area contributed by atoms with Crippen molar-refractivity contribution in [3.63, 3.8) is 0 Å². The first kappa shape index (κ1) is 22.8. The molecule has 0 saturated carbocycles. The Morgan fingerprint density at radius 3 is 2.35 bits per heavy atom. The van der Waals surface area contributed by atoms with Crippen LogP contribution in [0.4, 0.5) is 0 Å². The van der Waals surface area contributed by atoms with Crippen LogP contribution >= 0.6 is 0 Å². The van der Waals surface area contributed by atoms with Crippen molar-refractivity contribution in [1.29, 1.82) is 0 Å². The fourth-order valence-electron chi connectivity index (χ4n) is 3.54. The number of hydrogen-bond acceptors (Lipinski definition) is 5. The summed E-state index contributed by atoms with van der Waals surface area (Å²) in [5.41, 5.74) is 1.19. The topological polar surface area (TPSA) is 80.5 Å². The van der Waals surface area contributed by atoms with Gasteiger partial charge in [0.2, 0.25) is 0 Å². The molecule has 1 aliphatic rings. The predicted octanol–water partition coefficient (Wildman–Crippen LogP) is 1.03. The van der Waals surface area contributed by atoms with E-state index in [1.54, 1.807) is 24.3 Å². The highest BCUT2D eigenvalue weighted by molar-refractivity contribution is 5.94. The molecule has 1 aliphatic heterocycles. The molecule has 0 bridgehead atoms. The number of rotatable bonds is 9. The highest BCUT2D eigenvalue weighted by Gasteiger charge is 2.26. The Morgan fingerprint density at radius 2 is 1.71 bits per heavy atom. The van der Waals surface area contributed by atoms with Gasteiger partial charge < -0.3 is 24.4 Å². The largest absolute Gasteiger partial charge is 0.491 e. The Hall–Kier alpha value is -2.90. The predicted molar refractivity (Wildman–Crippen MR) is 116 cm³/mol. The van der Waals surface area contributed by atoms with Gasteiger partial charge in [0.25, 0.3) is 5.91 Å². The fraction of sp³-hybridized carbons (Fsp3) is 0.417. The number of ether oxygens (including phenoxy) is 2. The Labute approximate surface area is 183 Å². The number of aliphatic hydroxyl groups is 1. The molecular weight excluding hydrogens is 396 g/mol. The summed E-state index contributed by atoms with van der Waals surface area (Å²) in [6, 6.07) is 16.0. The molecule has 1 fully saturated rings. The van der Waals surface area contributed by atoms with E-state index in [0.29, 0.717) is 43.1 Å². The molecule has 31 heavy (non-hydrogen) atoms. The van der Waals surface area contributed by atoms with Crippen LogP contribution in [0.5, 0.6) is 5.75 Å². The molecule has 1 amide bonds. The Bertz CT molecular complexity index is 833. The lowest BCUT2D eigenvalue weighted by molar-refractivity contribution is -0.907. The molecule has 2 N–H and O–H groups in total. The molecule has 3 rings (SSSR count). The van der Waals surface area contributed by atoms with E-state index in [4.69, 9.17) is 9.47 Å². The number of hydrogen-bond donors (Lipinski definition) is 2. The van der Waals surface area contributed by atoms with Crippen LogP contribution in [0.25, 0.3) is 0 Å². The van der Waals surface area contributed by atoms with Gasteiger partial charge in [0, 0.05) is 5.56 Å². The molecule has 1 atom stereocenters. The quantitative estimate of drug-likeness (QED) is 0.585. The monoisotopic (exact) mass is 427 g/mol. The maximum Gasteiger partial charge on any atom is 0.338 e. The molecule has 0 aromatic heterocycles. The molecule has 2 aromatic carbocycles. The van der Waals surface area contributed by atoms with Crippen molar-refractivity contribution in [2.24, 2.45) is 0 Å². The van der Waals surface area contributed by atoms with Gasteiger partial charge in [-0.2, -0.15) is 0 Å². The van der Waals surface area contributed by atoms with Crippen LogP contribution in [0, 0.1) is 0 Å². The van der Waals surface area contributed by atoms with Crippen LogP contribution in [0.3, 0.4) is 0 Å². The van der Waals surface area contributed by atoms with Gasteiger partial charge in [0.15, 0.2) is 0 Å². The van der Waals surface area contributed by atoms with E-state index in [-0.39, 0.29) is 18.5 Å². The van der Waals surface area contributed by atoms with Crippen LogP contribution in [0.15, 0.2) is 54.6 Å². The Morgan fingerprint density at radius 1 is 1.03 bits per heavy atom. The molecule has 0 spiro atoms. The normalized spacial score (nSPS) is 15.4. The summed E-state index contributed by atoms with van der Waals surface area (Å²) in [6.45, 7) is 6.03. The first-order valence-corrected chi connectivity index (χ1v) is 10.8. The van der Waals surface area contributed by atoms with Gasteiger partial charge in [-0.15, -0.1) is 0 Å². The van der Waals surface area contributed by atoms with Gasteiger partial charge in [0.05, 0.1) is 38.3 Å². The molecule has 2 aromatic rings. The Balaban J connectivity index is 1.38. The van der Waals surface area contributed by atoms with Gasteiger partial charge in [-0.05, 0) is 42.8 Å². The molecule has 166 valence electrons. The van der Waals surface area contributed by atoms with E-state index in [1.165, 1.54) is 4.90 Å². The standard InChI is InChI=1S/C24H30N2O5/c1-2-16-30-24(29)20-8-10-22(11-9-20)31-18-21(27)17-25-12-14-26(15-13-25)23(28)19-6-4-3-5-7-19/h3-11,21,27H,2,12-18H2,1H3/p+1/t21-/m1/s1. The zero-order valence-corrected chi connectivity index (χ0v) is 18.0. The number of benzene rings is 2. The van der Waals surface area contributed by atoms with Crippen molar-refractivity contribution >= 4 is 11.9 Å². The minimum atomic E-state index is -0.611. The van der Waals surface area contributed by atoms with E-state index in [2.05, 4.69) is 0 Å². The third-order valence-electron chi connectivity index (χ3n) is 5.27. The molecule has 7 nitrogen and oxygen atoms in total. The highest BCUT2D eigenvalue weighted by atomic mass is 16.5. The minimum Gasteiger partial charge on any atom is -0.491 e. The van der Waals surface area contributed by atoms with Crippen molar-refractivity contribution in [3.8, 4) is 5.75 Å². The van der Waals surface area contributed by atoms with Crippen LogP contribution in [-0.2, 0) is 4.74 Å². The second kappa shape index (κ2) is 11.5. The summed E-state index contributed by atoms with van der Waals surface area (Å²) < 4.78 is 10.8. The van der Waals surface area contributed by atoms with Gasteiger partial charge in [-0.1, -0.05) is 25.1 Å². The van der Waals surface area contributed by atoms with Crippen molar-refractivity contribution in [3.05, 3.63) is 65.7 Å². The third-order valence-corrected chi connectivity index (χ3v) is 5.27. The van der Waals surface area contributed by atoms with Gasteiger partial charge >= 0.3 is 5.97 Å². The number of amides is 1. The zero-order valence-electron chi connectivity index (χ0n) is 18.0. The summed E-state index contributed by atoms with van der Waals surface area (Å²) >= 11 is 0. The first-order chi connectivity index (χ1) is 15.1. The maximum absolute atomic E-state index is 12.5. The lowest BCUT2D eigenvalue weighted by Gasteiger charge is -2.33. The smallest absolute Gasteiger partial charge is 0.338 e. The Kier molecular flexibility index (Phi) is 8.44. The summed E-state index contributed by atoms with van der Waals surface area (Å²) in [5.74, 6) is 0.312. The average molecular weight is 428 g/mol. The number of nitrogens with zero attached hydrogens (tertiary/aromatic N) is 1. The summed E-state index contributed by atoms with van der Waals surface area (Å²) in [6.07, 6.45) is 0.172. The third kappa shape index (κ3) is 6.80. The van der Waals surface area contributed by atoms with Crippen molar-refractivity contribution in [2.45, 2.75) is 19.4 Å². The van der Waals surface area contributed by atoms with Gasteiger partial charge in [-0.3, -0.25) is 4.79 Å². The van der Waals surface area contributed by atoms with Crippen molar-refractivity contribution in [1.82, 2.24) is 4.90 Å². The average Bonchev–Trinajstić information content (AvgIpc) is 2.82. The summed E-state index contributed by atoms with van der Waals surface area (Å²) in [4.78, 5) is 27.5. The number of carbonyl (C=O) groups is 2. The maximum atomic E-state index is 12.5. The molecule has 1 saturated heterocycles. The van der Waals surface area contributed by atoms with Gasteiger partial charge in [0.1, 0.15) is 25.0 Å². The van der Waals surface area contributed by atoms with Crippen LogP contribution in [-0.4, -0.2) is 73.9 Å². The highest BCUT2D eigenvalue weighted by Crippen LogP contribution is 2.13. The lowest BCUT2D eigenvalue weighted by atomic mass is 10.2. The second-order valence-corrected chi connectivity index (χ2v) is 7.74. The summed E-state index contributed by atoms with van der Waals surface area (Å²) in [5, 5.41) is 10.4. The van der Waals surface area contributed by atoms with Crippen LogP contribution < -0.4 is 9.64 Å². The van der Waals surface area contributed by atoms with Crippen LogP contribution in [0.1, 0.15) is 34.1 Å². The number of esters is 1. The van der Waals surface area contributed by atoms with E-state index in [1.807, 2.05) is 42.2 Å². The molecule has 0 aliphatic carbocycles. The SMILES string of the molecule is CCCOC(=O)c1ccc(OC[C@H](O)C[NH+]2CCN(C(=O)c3ccccc3)CC2)cc1. The molecule has 7 heteroatoms. The van der Waals surface area contributed by atoms with Gasteiger partial charge in [-0.25, -0.2) is 4.79 Å². The van der Waals surface area contributed by atoms with Crippen molar-refractivity contribution in [2.75, 3.05) is 45.9 Å². The molecule has 0 radical (unpaired) electrons. The van der Waals surface area contributed by atoms with Crippen LogP contribution in [0.2, 0.25) is 0 Å². The number of piperazine rings is 1. The van der Waals surface area contributed by atoms with Crippen molar-refractivity contribution < 1.29 is 29.1 Å². The number of carbonyl (C=O) groups excluding carboxylic acids is 2. The van der Waals surface area contributed by atoms with E-state index >= 15 is 0 Å². The minimum absolute atomic E-state index is 0.0607. The second-order valence-electron chi connectivity index (χ2n) is 7.74. The first-order valence-electron chi connectivity index (χ1n) is 10.8. The fourth-order valence-corrected chi connectivity index (χ4v) is 3.54. The molecule has 0 unspecified atom stereocenters. The summed E-state index contributed by atoms with van der Waals surface area (Å²) in [7, 11) is 0. The number of aliphatic hydroxyl groups excluding tert-OH is 1. The lowest BCUT2D eigenvalue weighted by Crippen LogP contribution is -3.16. The van der Waals surface area contributed by atoms with E-state index in [0.717, 1.165) is 19.5 Å². The molecule has 1 heterocycles. The number of quaternary nitrogens is 1.